The lowest BCUT2D eigenvalue weighted by Crippen LogP contribution is -2.31. The van der Waals surface area contributed by atoms with Crippen LogP contribution in [0, 0.1) is 0 Å². The van der Waals surface area contributed by atoms with Gasteiger partial charge in [-0.15, -0.1) is 0 Å². The highest BCUT2D eigenvalue weighted by atomic mass is 79.9. The largest absolute Gasteiger partial charge is 0.465 e. The first-order valence-electron chi connectivity index (χ1n) is 8.00. The number of amides is 1. The maximum Gasteiger partial charge on any atom is 0.337 e. The van der Waals surface area contributed by atoms with Crippen LogP contribution in [0.2, 0.25) is 0 Å². The zero-order chi connectivity index (χ0) is 18.2. The SMILES string of the molecule is CC[C@H](NCC(=O)Nc1ccc(C(=O)OC)cc1)c1ccc(Br)cc1. The molecule has 2 N–H and O–H groups in total. The second kappa shape index (κ2) is 9.34. The molecule has 1 atom stereocenters. The first-order chi connectivity index (χ1) is 12.0. The standard InChI is InChI=1S/C19H21BrN2O3/c1-3-17(13-4-8-15(20)9-5-13)21-12-18(23)22-16-10-6-14(7-11-16)19(24)25-2/h4-11,17,21H,3,12H2,1-2H3,(H,22,23)/t17-/m0/s1. The Morgan fingerprint density at radius 2 is 1.72 bits per heavy atom. The van der Waals surface area contributed by atoms with Gasteiger partial charge in [0, 0.05) is 16.2 Å². The van der Waals surface area contributed by atoms with E-state index >= 15 is 0 Å². The number of hydrogen-bond donors (Lipinski definition) is 2. The Hall–Kier alpha value is -2.18. The van der Waals surface area contributed by atoms with Crippen LogP contribution in [0.5, 0.6) is 0 Å². The summed E-state index contributed by atoms with van der Waals surface area (Å²) in [5, 5.41) is 6.07. The lowest BCUT2D eigenvalue weighted by atomic mass is 10.0. The van der Waals surface area contributed by atoms with Crippen LogP contribution in [0.3, 0.4) is 0 Å². The number of halogens is 1. The molecule has 0 aliphatic rings. The van der Waals surface area contributed by atoms with E-state index in [4.69, 9.17) is 0 Å². The first-order valence-corrected chi connectivity index (χ1v) is 8.80. The molecule has 132 valence electrons. The summed E-state index contributed by atoms with van der Waals surface area (Å²) >= 11 is 3.42. The van der Waals surface area contributed by atoms with Crippen LogP contribution in [-0.2, 0) is 9.53 Å². The van der Waals surface area contributed by atoms with Crippen LogP contribution >= 0.6 is 15.9 Å². The lowest BCUT2D eigenvalue weighted by molar-refractivity contribution is -0.115. The Bertz CT molecular complexity index is 714. The second-order valence-corrected chi connectivity index (χ2v) is 6.43. The zero-order valence-electron chi connectivity index (χ0n) is 14.2. The fourth-order valence-electron chi connectivity index (χ4n) is 2.42. The van der Waals surface area contributed by atoms with Gasteiger partial charge in [-0.25, -0.2) is 4.79 Å². The molecule has 0 saturated carbocycles. The molecule has 0 aliphatic carbocycles. The zero-order valence-corrected chi connectivity index (χ0v) is 15.8. The van der Waals surface area contributed by atoms with E-state index in [1.165, 1.54) is 7.11 Å². The molecule has 0 unspecified atom stereocenters. The Morgan fingerprint density at radius 1 is 1.08 bits per heavy atom. The van der Waals surface area contributed by atoms with E-state index in [1.54, 1.807) is 24.3 Å². The van der Waals surface area contributed by atoms with Crippen LogP contribution in [0.15, 0.2) is 53.0 Å². The van der Waals surface area contributed by atoms with Crippen molar-refractivity contribution in [1.29, 1.82) is 0 Å². The molecule has 0 saturated heterocycles. The third-order valence-corrected chi connectivity index (χ3v) is 4.31. The van der Waals surface area contributed by atoms with E-state index in [0.717, 1.165) is 16.5 Å². The van der Waals surface area contributed by atoms with Crippen molar-refractivity contribution < 1.29 is 14.3 Å². The number of benzene rings is 2. The molecule has 0 aliphatic heterocycles. The third-order valence-electron chi connectivity index (χ3n) is 3.78. The van der Waals surface area contributed by atoms with E-state index < -0.39 is 5.97 Å². The lowest BCUT2D eigenvalue weighted by Gasteiger charge is -2.17. The summed E-state index contributed by atoms with van der Waals surface area (Å²) in [6.45, 7) is 2.27. The summed E-state index contributed by atoms with van der Waals surface area (Å²) in [6, 6.07) is 14.7. The second-order valence-electron chi connectivity index (χ2n) is 5.51. The van der Waals surface area contributed by atoms with Gasteiger partial charge in [-0.3, -0.25) is 4.79 Å². The quantitative estimate of drug-likeness (QED) is 0.686. The molecule has 5 nitrogen and oxygen atoms in total. The van der Waals surface area contributed by atoms with Crippen LogP contribution in [0.4, 0.5) is 5.69 Å². The van der Waals surface area contributed by atoms with E-state index in [-0.39, 0.29) is 18.5 Å². The van der Waals surface area contributed by atoms with Crippen molar-refractivity contribution in [3.63, 3.8) is 0 Å². The molecule has 25 heavy (non-hydrogen) atoms. The summed E-state index contributed by atoms with van der Waals surface area (Å²) in [7, 11) is 1.33. The van der Waals surface area contributed by atoms with Crippen molar-refractivity contribution in [1.82, 2.24) is 5.32 Å². The van der Waals surface area contributed by atoms with Crippen molar-refractivity contribution in [2.45, 2.75) is 19.4 Å². The highest BCUT2D eigenvalue weighted by Crippen LogP contribution is 2.19. The highest BCUT2D eigenvalue weighted by Gasteiger charge is 2.11. The molecule has 0 heterocycles. The van der Waals surface area contributed by atoms with Gasteiger partial charge in [0.15, 0.2) is 0 Å². The molecule has 6 heteroatoms. The Morgan fingerprint density at radius 3 is 2.28 bits per heavy atom. The molecule has 2 aromatic rings. The maximum atomic E-state index is 12.1. The minimum absolute atomic E-state index is 0.112. The Labute approximate surface area is 155 Å². The Kier molecular flexibility index (Phi) is 7.16. The smallest absolute Gasteiger partial charge is 0.337 e. The molecule has 2 aromatic carbocycles. The number of rotatable bonds is 7. The van der Waals surface area contributed by atoms with Gasteiger partial charge in [0.1, 0.15) is 0 Å². The van der Waals surface area contributed by atoms with Gasteiger partial charge in [-0.2, -0.15) is 0 Å². The molecule has 0 radical (unpaired) electrons. The van der Waals surface area contributed by atoms with Gasteiger partial charge >= 0.3 is 5.97 Å². The predicted octanol–water partition coefficient (Wildman–Crippen LogP) is 3.92. The minimum Gasteiger partial charge on any atom is -0.465 e. The number of nitrogens with one attached hydrogen (secondary N) is 2. The highest BCUT2D eigenvalue weighted by molar-refractivity contribution is 9.10. The number of ether oxygens (including phenoxy) is 1. The van der Waals surface area contributed by atoms with Gasteiger partial charge in [-0.05, 0) is 48.4 Å². The number of carbonyl (C=O) groups excluding carboxylic acids is 2. The van der Waals surface area contributed by atoms with E-state index in [0.29, 0.717) is 11.3 Å². The number of esters is 1. The van der Waals surface area contributed by atoms with Crippen molar-refractivity contribution in [2.75, 3.05) is 19.0 Å². The van der Waals surface area contributed by atoms with Crippen LogP contribution in [0.25, 0.3) is 0 Å². The molecular formula is C19H21BrN2O3. The van der Waals surface area contributed by atoms with Gasteiger partial charge in [-0.1, -0.05) is 35.0 Å². The third kappa shape index (κ3) is 5.69. The van der Waals surface area contributed by atoms with Gasteiger partial charge in [0.25, 0.3) is 0 Å². The molecule has 0 spiro atoms. The molecule has 2 rings (SSSR count). The average Bonchev–Trinajstić information content (AvgIpc) is 2.63. The first kappa shape index (κ1) is 19.1. The summed E-state index contributed by atoms with van der Waals surface area (Å²) in [5.74, 6) is -0.541. The molecule has 0 aromatic heterocycles. The van der Waals surface area contributed by atoms with Gasteiger partial charge < -0.3 is 15.4 Å². The Balaban J connectivity index is 1.88. The summed E-state index contributed by atoms with van der Waals surface area (Å²) < 4.78 is 5.67. The topological polar surface area (TPSA) is 67.4 Å². The molecule has 0 bridgehead atoms. The van der Waals surface area contributed by atoms with Crippen LogP contribution in [-0.4, -0.2) is 25.5 Å². The van der Waals surface area contributed by atoms with Crippen molar-refractivity contribution >= 4 is 33.5 Å². The van der Waals surface area contributed by atoms with Crippen LogP contribution < -0.4 is 10.6 Å². The molecule has 0 fully saturated rings. The number of hydrogen-bond acceptors (Lipinski definition) is 4. The number of carbonyl (C=O) groups is 2. The van der Waals surface area contributed by atoms with Crippen LogP contribution in [0.1, 0.15) is 35.3 Å². The van der Waals surface area contributed by atoms with Gasteiger partial charge in [0.05, 0.1) is 19.2 Å². The number of anilines is 1. The fraction of sp³-hybridized carbons (Fsp3) is 0.263. The fourth-order valence-corrected chi connectivity index (χ4v) is 2.69. The molecular weight excluding hydrogens is 384 g/mol. The molecule has 1 amide bonds. The summed E-state index contributed by atoms with van der Waals surface area (Å²) in [4.78, 5) is 23.5. The number of methoxy groups -OCH3 is 1. The van der Waals surface area contributed by atoms with Crippen molar-refractivity contribution in [3.8, 4) is 0 Å². The average molecular weight is 405 g/mol. The maximum absolute atomic E-state index is 12.1. The van der Waals surface area contributed by atoms with E-state index in [1.807, 2.05) is 24.3 Å². The van der Waals surface area contributed by atoms with Crippen molar-refractivity contribution in [2.24, 2.45) is 0 Å². The van der Waals surface area contributed by atoms with E-state index in [2.05, 4.69) is 38.2 Å². The summed E-state index contributed by atoms with van der Waals surface area (Å²) in [5.41, 5.74) is 2.22. The monoisotopic (exact) mass is 404 g/mol. The minimum atomic E-state index is -0.403. The van der Waals surface area contributed by atoms with Crippen molar-refractivity contribution in [3.05, 3.63) is 64.1 Å². The normalized spacial score (nSPS) is 11.6. The predicted molar refractivity (Wildman–Crippen MR) is 102 cm³/mol. The summed E-state index contributed by atoms with van der Waals surface area (Å²) in [6.07, 6.45) is 0.878. The van der Waals surface area contributed by atoms with E-state index in [9.17, 15) is 9.59 Å². The van der Waals surface area contributed by atoms with Gasteiger partial charge in [0.2, 0.25) is 5.91 Å².